The molecule has 128 valence electrons. The number of amides is 1. The molecular formula is C18H17N3O3S. The van der Waals surface area contributed by atoms with Crippen LogP contribution in [-0.2, 0) is 17.8 Å². The molecule has 1 fully saturated rings. The van der Waals surface area contributed by atoms with E-state index in [9.17, 15) is 4.79 Å². The summed E-state index contributed by atoms with van der Waals surface area (Å²) in [4.78, 5) is 18.4. The third-order valence-electron chi connectivity index (χ3n) is 4.12. The first kappa shape index (κ1) is 15.8. The second-order valence-corrected chi connectivity index (χ2v) is 6.73. The maximum absolute atomic E-state index is 12.2. The standard InChI is InChI=1S/C18H17N3O3S/c22-17(8-13-6-7-25-12-13)21-9-14(10-21)18-19-16(24-20-18)11-23-15-4-2-1-3-5-15/h1-7,12,14H,8-11H2. The number of nitrogens with zero attached hydrogens (tertiary/aromatic N) is 3. The molecule has 0 bridgehead atoms. The molecule has 1 aliphatic rings. The van der Waals surface area contributed by atoms with Gasteiger partial charge in [-0.1, -0.05) is 23.4 Å². The predicted octanol–water partition coefficient (Wildman–Crippen LogP) is 2.88. The molecule has 0 atom stereocenters. The summed E-state index contributed by atoms with van der Waals surface area (Å²) in [7, 11) is 0. The van der Waals surface area contributed by atoms with Gasteiger partial charge in [0.05, 0.1) is 12.3 Å². The van der Waals surface area contributed by atoms with E-state index in [4.69, 9.17) is 9.26 Å². The van der Waals surface area contributed by atoms with Gasteiger partial charge in [0.15, 0.2) is 12.4 Å². The lowest BCUT2D eigenvalue weighted by atomic mass is 9.98. The summed E-state index contributed by atoms with van der Waals surface area (Å²) in [5.41, 5.74) is 1.07. The zero-order valence-electron chi connectivity index (χ0n) is 13.5. The maximum Gasteiger partial charge on any atom is 0.264 e. The highest BCUT2D eigenvalue weighted by Gasteiger charge is 2.34. The molecule has 1 saturated heterocycles. The van der Waals surface area contributed by atoms with Gasteiger partial charge in [-0.15, -0.1) is 0 Å². The van der Waals surface area contributed by atoms with Crippen molar-refractivity contribution in [3.63, 3.8) is 0 Å². The SMILES string of the molecule is O=C(Cc1ccsc1)N1CC(c2noc(COc3ccccc3)n2)C1. The van der Waals surface area contributed by atoms with Crippen molar-refractivity contribution in [1.82, 2.24) is 15.0 Å². The van der Waals surface area contributed by atoms with Crippen LogP contribution in [0.2, 0.25) is 0 Å². The van der Waals surface area contributed by atoms with Gasteiger partial charge >= 0.3 is 0 Å². The molecule has 0 N–H and O–H groups in total. The van der Waals surface area contributed by atoms with Crippen LogP contribution in [0.5, 0.6) is 5.75 Å². The van der Waals surface area contributed by atoms with Crippen molar-refractivity contribution in [2.45, 2.75) is 18.9 Å². The molecular weight excluding hydrogens is 338 g/mol. The van der Waals surface area contributed by atoms with E-state index in [1.165, 1.54) is 0 Å². The predicted molar refractivity (Wildman–Crippen MR) is 92.4 cm³/mol. The third-order valence-corrected chi connectivity index (χ3v) is 4.86. The van der Waals surface area contributed by atoms with E-state index < -0.39 is 0 Å². The summed E-state index contributed by atoms with van der Waals surface area (Å²) in [5, 5.41) is 8.01. The van der Waals surface area contributed by atoms with E-state index >= 15 is 0 Å². The van der Waals surface area contributed by atoms with Crippen molar-refractivity contribution in [3.8, 4) is 5.75 Å². The maximum atomic E-state index is 12.2. The molecule has 0 saturated carbocycles. The summed E-state index contributed by atoms with van der Waals surface area (Å²) in [6, 6.07) is 11.5. The first-order valence-electron chi connectivity index (χ1n) is 8.07. The topological polar surface area (TPSA) is 68.5 Å². The molecule has 6 nitrogen and oxygen atoms in total. The smallest absolute Gasteiger partial charge is 0.264 e. The van der Waals surface area contributed by atoms with Gasteiger partial charge in [0.25, 0.3) is 5.89 Å². The minimum Gasteiger partial charge on any atom is -0.484 e. The fourth-order valence-corrected chi connectivity index (χ4v) is 3.35. The van der Waals surface area contributed by atoms with Crippen LogP contribution in [0.15, 0.2) is 51.7 Å². The van der Waals surface area contributed by atoms with Crippen LogP contribution in [0.25, 0.3) is 0 Å². The van der Waals surface area contributed by atoms with E-state index in [0.29, 0.717) is 31.2 Å². The molecule has 1 aliphatic heterocycles. The van der Waals surface area contributed by atoms with E-state index in [2.05, 4.69) is 10.1 Å². The van der Waals surface area contributed by atoms with E-state index in [-0.39, 0.29) is 18.4 Å². The minimum atomic E-state index is 0.139. The third kappa shape index (κ3) is 3.71. The fraction of sp³-hybridized carbons (Fsp3) is 0.278. The second kappa shape index (κ2) is 7.06. The number of hydrogen-bond acceptors (Lipinski definition) is 6. The van der Waals surface area contributed by atoms with Crippen molar-refractivity contribution >= 4 is 17.2 Å². The number of carbonyl (C=O) groups is 1. The Morgan fingerprint density at radius 2 is 2.12 bits per heavy atom. The Morgan fingerprint density at radius 1 is 1.28 bits per heavy atom. The number of thiophene rings is 1. The number of para-hydroxylation sites is 1. The highest BCUT2D eigenvalue weighted by atomic mass is 32.1. The number of carbonyl (C=O) groups excluding carboxylic acids is 1. The lowest BCUT2D eigenvalue weighted by molar-refractivity contribution is -0.135. The zero-order chi connectivity index (χ0) is 17.1. The lowest BCUT2D eigenvalue weighted by Crippen LogP contribution is -2.49. The molecule has 3 heterocycles. The molecule has 0 radical (unpaired) electrons. The van der Waals surface area contributed by atoms with Crippen LogP contribution in [0, 0.1) is 0 Å². The molecule has 0 aliphatic carbocycles. The zero-order valence-corrected chi connectivity index (χ0v) is 14.3. The van der Waals surface area contributed by atoms with Gasteiger partial charge in [-0.2, -0.15) is 16.3 Å². The molecule has 25 heavy (non-hydrogen) atoms. The van der Waals surface area contributed by atoms with Crippen LogP contribution >= 0.6 is 11.3 Å². The number of benzene rings is 1. The summed E-state index contributed by atoms with van der Waals surface area (Å²) in [6.07, 6.45) is 0.457. The number of hydrogen-bond donors (Lipinski definition) is 0. The van der Waals surface area contributed by atoms with E-state index in [0.717, 1.165) is 11.3 Å². The van der Waals surface area contributed by atoms with Crippen LogP contribution in [0.4, 0.5) is 0 Å². The number of rotatable bonds is 6. The highest BCUT2D eigenvalue weighted by Crippen LogP contribution is 2.26. The first-order valence-corrected chi connectivity index (χ1v) is 9.01. The molecule has 3 aromatic rings. The Kier molecular flexibility index (Phi) is 4.47. The molecule has 7 heteroatoms. The Labute approximate surface area is 149 Å². The quantitative estimate of drug-likeness (QED) is 0.680. The van der Waals surface area contributed by atoms with Gasteiger partial charge in [0.2, 0.25) is 5.91 Å². The summed E-state index contributed by atoms with van der Waals surface area (Å²) < 4.78 is 10.8. The largest absolute Gasteiger partial charge is 0.484 e. The Hall–Kier alpha value is -2.67. The monoisotopic (exact) mass is 355 g/mol. The van der Waals surface area contributed by atoms with Gasteiger partial charge in [-0.05, 0) is 34.5 Å². The average molecular weight is 355 g/mol. The number of aromatic nitrogens is 2. The van der Waals surface area contributed by atoms with Crippen LogP contribution in [0.1, 0.15) is 23.2 Å². The van der Waals surface area contributed by atoms with Crippen molar-refractivity contribution in [2.24, 2.45) is 0 Å². The summed E-state index contributed by atoms with van der Waals surface area (Å²) >= 11 is 1.61. The lowest BCUT2D eigenvalue weighted by Gasteiger charge is -2.37. The van der Waals surface area contributed by atoms with Crippen molar-refractivity contribution < 1.29 is 14.1 Å². The summed E-state index contributed by atoms with van der Waals surface area (Å²) in [6.45, 7) is 1.52. The second-order valence-electron chi connectivity index (χ2n) is 5.95. The normalized spacial score (nSPS) is 14.3. The fourth-order valence-electron chi connectivity index (χ4n) is 2.68. The van der Waals surface area contributed by atoms with Crippen LogP contribution in [0.3, 0.4) is 0 Å². The number of ether oxygens (including phenoxy) is 1. The minimum absolute atomic E-state index is 0.139. The van der Waals surface area contributed by atoms with Gasteiger partial charge < -0.3 is 14.2 Å². The first-order chi connectivity index (χ1) is 12.3. The van der Waals surface area contributed by atoms with E-state index in [1.807, 2.05) is 52.1 Å². The van der Waals surface area contributed by atoms with E-state index in [1.54, 1.807) is 11.3 Å². The Bertz CT molecular complexity index is 826. The Balaban J connectivity index is 1.27. The number of likely N-dealkylation sites (tertiary alicyclic amines) is 1. The highest BCUT2D eigenvalue weighted by molar-refractivity contribution is 7.08. The van der Waals surface area contributed by atoms with Crippen molar-refractivity contribution in [3.05, 3.63) is 64.4 Å². The van der Waals surface area contributed by atoms with Gasteiger partial charge in [0.1, 0.15) is 5.75 Å². The van der Waals surface area contributed by atoms with Gasteiger partial charge in [-0.25, -0.2) is 0 Å². The molecule has 1 amide bonds. The van der Waals surface area contributed by atoms with Gasteiger partial charge in [0, 0.05) is 13.1 Å². The molecule has 1 aromatic carbocycles. The van der Waals surface area contributed by atoms with Crippen molar-refractivity contribution in [2.75, 3.05) is 13.1 Å². The van der Waals surface area contributed by atoms with Gasteiger partial charge in [-0.3, -0.25) is 4.79 Å². The van der Waals surface area contributed by atoms with Crippen molar-refractivity contribution in [1.29, 1.82) is 0 Å². The van der Waals surface area contributed by atoms with Crippen LogP contribution < -0.4 is 4.74 Å². The molecule has 4 rings (SSSR count). The average Bonchev–Trinajstić information content (AvgIpc) is 3.25. The molecule has 0 unspecified atom stereocenters. The summed E-state index contributed by atoms with van der Waals surface area (Å²) in [5.74, 6) is 2.13. The molecule has 2 aromatic heterocycles. The van der Waals surface area contributed by atoms with Crippen LogP contribution in [-0.4, -0.2) is 34.0 Å². The Morgan fingerprint density at radius 3 is 2.88 bits per heavy atom. The molecule has 0 spiro atoms.